The van der Waals surface area contributed by atoms with E-state index in [9.17, 15) is 10.1 Å². The van der Waals surface area contributed by atoms with Crippen LogP contribution in [-0.2, 0) is 9.53 Å². The molecule has 0 aromatic rings. The zero-order chi connectivity index (χ0) is 12.9. The van der Waals surface area contributed by atoms with Crippen LogP contribution in [0.5, 0.6) is 0 Å². The largest absolute Gasteiger partial charge is 0.460 e. The Morgan fingerprint density at radius 1 is 1.53 bits per heavy atom. The molecule has 0 aromatic heterocycles. The SMILES string of the molecule is CC(C)(C)OC(=O)CCC1(C#N)CCCNC1. The first-order valence-electron chi connectivity index (χ1n) is 6.21. The van der Waals surface area contributed by atoms with Crippen LogP contribution < -0.4 is 5.32 Å². The maximum absolute atomic E-state index is 11.6. The minimum absolute atomic E-state index is 0.210. The molecule has 1 aliphatic heterocycles. The van der Waals surface area contributed by atoms with Crippen molar-refractivity contribution < 1.29 is 9.53 Å². The van der Waals surface area contributed by atoms with Crippen LogP contribution in [0.2, 0.25) is 0 Å². The molecule has 17 heavy (non-hydrogen) atoms. The molecule has 1 aliphatic rings. The number of ether oxygens (including phenoxy) is 1. The van der Waals surface area contributed by atoms with E-state index in [4.69, 9.17) is 4.74 Å². The molecule has 1 rings (SSSR count). The molecule has 96 valence electrons. The van der Waals surface area contributed by atoms with Crippen LogP contribution in [0.4, 0.5) is 0 Å². The van der Waals surface area contributed by atoms with Gasteiger partial charge in [-0.1, -0.05) is 0 Å². The lowest BCUT2D eigenvalue weighted by Crippen LogP contribution is -2.39. The quantitative estimate of drug-likeness (QED) is 0.764. The highest BCUT2D eigenvalue weighted by Gasteiger charge is 2.33. The monoisotopic (exact) mass is 238 g/mol. The van der Waals surface area contributed by atoms with E-state index < -0.39 is 5.60 Å². The van der Waals surface area contributed by atoms with E-state index >= 15 is 0 Å². The molecule has 4 nitrogen and oxygen atoms in total. The first-order valence-corrected chi connectivity index (χ1v) is 6.21. The second kappa shape index (κ2) is 5.50. The van der Waals surface area contributed by atoms with Crippen molar-refractivity contribution in [1.82, 2.24) is 5.32 Å². The van der Waals surface area contributed by atoms with E-state index in [1.165, 1.54) is 0 Å². The van der Waals surface area contributed by atoms with Crippen molar-refractivity contribution in [2.75, 3.05) is 13.1 Å². The van der Waals surface area contributed by atoms with Gasteiger partial charge >= 0.3 is 5.97 Å². The van der Waals surface area contributed by atoms with Gasteiger partial charge in [-0.25, -0.2) is 0 Å². The summed E-state index contributed by atoms with van der Waals surface area (Å²) in [6.07, 6.45) is 2.79. The molecule has 0 bridgehead atoms. The van der Waals surface area contributed by atoms with E-state index in [1.807, 2.05) is 20.8 Å². The highest BCUT2D eigenvalue weighted by Crippen LogP contribution is 2.31. The van der Waals surface area contributed by atoms with Crippen LogP contribution in [0, 0.1) is 16.7 Å². The van der Waals surface area contributed by atoms with Crippen molar-refractivity contribution in [2.24, 2.45) is 5.41 Å². The van der Waals surface area contributed by atoms with Gasteiger partial charge < -0.3 is 10.1 Å². The number of nitrogens with one attached hydrogen (secondary N) is 1. The fourth-order valence-corrected chi connectivity index (χ4v) is 2.07. The number of hydrogen-bond acceptors (Lipinski definition) is 4. The van der Waals surface area contributed by atoms with Crippen molar-refractivity contribution in [3.05, 3.63) is 0 Å². The molecule has 0 saturated carbocycles. The molecule has 1 saturated heterocycles. The van der Waals surface area contributed by atoms with Crippen LogP contribution in [0.25, 0.3) is 0 Å². The number of carbonyl (C=O) groups excluding carboxylic acids is 1. The van der Waals surface area contributed by atoms with Crippen LogP contribution in [-0.4, -0.2) is 24.7 Å². The van der Waals surface area contributed by atoms with Gasteiger partial charge in [-0.2, -0.15) is 5.26 Å². The smallest absolute Gasteiger partial charge is 0.306 e. The van der Waals surface area contributed by atoms with E-state index in [-0.39, 0.29) is 11.4 Å². The summed E-state index contributed by atoms with van der Waals surface area (Å²) in [4.78, 5) is 11.6. The first kappa shape index (κ1) is 14.0. The van der Waals surface area contributed by atoms with Crippen LogP contribution in [0.15, 0.2) is 0 Å². The summed E-state index contributed by atoms with van der Waals surface area (Å²) < 4.78 is 5.25. The van der Waals surface area contributed by atoms with Gasteiger partial charge in [0.05, 0.1) is 11.5 Å². The highest BCUT2D eigenvalue weighted by atomic mass is 16.6. The summed E-state index contributed by atoms with van der Waals surface area (Å²) in [7, 11) is 0. The fourth-order valence-electron chi connectivity index (χ4n) is 2.07. The van der Waals surface area contributed by atoms with Crippen molar-refractivity contribution in [3.63, 3.8) is 0 Å². The lowest BCUT2D eigenvalue weighted by atomic mass is 9.78. The minimum atomic E-state index is -0.443. The standard InChI is InChI=1S/C13H22N2O2/c1-12(2,3)17-11(16)5-7-13(9-14)6-4-8-15-10-13/h15H,4-8,10H2,1-3H3. The lowest BCUT2D eigenvalue weighted by Gasteiger charge is -2.31. The molecule has 4 heteroatoms. The molecule has 1 fully saturated rings. The van der Waals surface area contributed by atoms with Crippen molar-refractivity contribution >= 4 is 5.97 Å². The van der Waals surface area contributed by atoms with Crippen molar-refractivity contribution in [3.8, 4) is 6.07 Å². The Labute approximate surface area is 103 Å². The molecule has 1 heterocycles. The third-order valence-corrected chi connectivity index (χ3v) is 2.94. The maximum atomic E-state index is 11.6. The molecule has 0 amide bonds. The normalized spacial score (nSPS) is 25.1. The number of nitriles is 1. The van der Waals surface area contributed by atoms with Crippen LogP contribution in [0.1, 0.15) is 46.5 Å². The van der Waals surface area contributed by atoms with Gasteiger partial charge in [0.2, 0.25) is 0 Å². The van der Waals surface area contributed by atoms with E-state index in [1.54, 1.807) is 0 Å². The lowest BCUT2D eigenvalue weighted by molar-refractivity contribution is -0.155. The number of carbonyl (C=O) groups is 1. The predicted octanol–water partition coefficient (Wildman–Crippen LogP) is 2.00. The highest BCUT2D eigenvalue weighted by molar-refractivity contribution is 5.69. The van der Waals surface area contributed by atoms with E-state index in [2.05, 4.69) is 11.4 Å². The Bertz CT molecular complexity index is 306. The average Bonchev–Trinajstić information content (AvgIpc) is 2.25. The van der Waals surface area contributed by atoms with Crippen molar-refractivity contribution in [2.45, 2.75) is 52.1 Å². The molecule has 1 N–H and O–H groups in total. The Morgan fingerprint density at radius 2 is 2.24 bits per heavy atom. The molecule has 0 radical (unpaired) electrons. The topological polar surface area (TPSA) is 62.1 Å². The molecular weight excluding hydrogens is 216 g/mol. The van der Waals surface area contributed by atoms with Gasteiger partial charge in [0.15, 0.2) is 0 Å². The van der Waals surface area contributed by atoms with Gasteiger partial charge in [0.25, 0.3) is 0 Å². The summed E-state index contributed by atoms with van der Waals surface area (Å²) in [6, 6.07) is 2.37. The molecule has 1 atom stereocenters. The fraction of sp³-hybridized carbons (Fsp3) is 0.846. The van der Waals surface area contributed by atoms with E-state index in [0.717, 1.165) is 19.4 Å². The third kappa shape index (κ3) is 4.74. The van der Waals surface area contributed by atoms with Gasteiger partial charge in [0, 0.05) is 13.0 Å². The van der Waals surface area contributed by atoms with Gasteiger partial charge in [-0.15, -0.1) is 0 Å². The third-order valence-electron chi connectivity index (χ3n) is 2.94. The average molecular weight is 238 g/mol. The van der Waals surface area contributed by atoms with Gasteiger partial charge in [-0.05, 0) is 46.6 Å². The minimum Gasteiger partial charge on any atom is -0.460 e. The Kier molecular flexibility index (Phi) is 4.53. The number of hydrogen-bond donors (Lipinski definition) is 1. The summed E-state index contributed by atoms with van der Waals surface area (Å²) in [6.45, 7) is 7.22. The summed E-state index contributed by atoms with van der Waals surface area (Å²) in [5, 5.41) is 12.5. The van der Waals surface area contributed by atoms with Crippen LogP contribution >= 0.6 is 0 Å². The Morgan fingerprint density at radius 3 is 2.71 bits per heavy atom. The molecule has 0 aliphatic carbocycles. The maximum Gasteiger partial charge on any atom is 0.306 e. The van der Waals surface area contributed by atoms with E-state index in [0.29, 0.717) is 19.4 Å². The Hall–Kier alpha value is -1.08. The van der Waals surface area contributed by atoms with Crippen molar-refractivity contribution in [1.29, 1.82) is 5.26 Å². The molecule has 0 aromatic carbocycles. The number of esters is 1. The number of nitrogens with zero attached hydrogens (tertiary/aromatic N) is 1. The summed E-state index contributed by atoms with van der Waals surface area (Å²) >= 11 is 0. The van der Waals surface area contributed by atoms with Gasteiger partial charge in [-0.3, -0.25) is 4.79 Å². The first-order chi connectivity index (χ1) is 7.87. The zero-order valence-corrected chi connectivity index (χ0v) is 11.0. The van der Waals surface area contributed by atoms with Crippen LogP contribution in [0.3, 0.4) is 0 Å². The van der Waals surface area contributed by atoms with Gasteiger partial charge in [0.1, 0.15) is 5.60 Å². The molecule has 0 spiro atoms. The molecule has 1 unspecified atom stereocenters. The number of piperidine rings is 1. The second-order valence-corrected chi connectivity index (χ2v) is 5.76. The summed E-state index contributed by atoms with van der Waals surface area (Å²) in [5.74, 6) is -0.210. The Balaban J connectivity index is 2.43. The number of rotatable bonds is 3. The summed E-state index contributed by atoms with van der Waals surface area (Å²) in [5.41, 5.74) is -0.823. The second-order valence-electron chi connectivity index (χ2n) is 5.76. The molecular formula is C13H22N2O2. The zero-order valence-electron chi connectivity index (χ0n) is 11.0. The predicted molar refractivity (Wildman–Crippen MR) is 65.2 cm³/mol.